The van der Waals surface area contributed by atoms with E-state index in [1.807, 2.05) is 4.90 Å². The number of halogens is 1. The second-order valence-corrected chi connectivity index (χ2v) is 6.17. The van der Waals surface area contributed by atoms with Crippen LogP contribution >= 0.6 is 0 Å². The van der Waals surface area contributed by atoms with Gasteiger partial charge in [0.05, 0.1) is 0 Å². The molecule has 1 N–H and O–H groups in total. The number of aliphatic carboxylic acids is 1. The molecule has 1 aromatic carbocycles. The van der Waals surface area contributed by atoms with Crippen molar-refractivity contribution >= 4 is 5.97 Å². The fourth-order valence-electron chi connectivity index (χ4n) is 3.61. The van der Waals surface area contributed by atoms with Crippen LogP contribution in [0.1, 0.15) is 30.0 Å². The smallest absolute Gasteiger partial charge is 0.325 e. The molecule has 0 saturated carbocycles. The first-order valence-electron chi connectivity index (χ1n) is 7.44. The molecule has 3 nitrogen and oxygen atoms in total. The molecule has 1 aliphatic carbocycles. The average molecular weight is 289 g/mol. The molecule has 1 aliphatic heterocycles. The molecule has 0 radical (unpaired) electrons. The third-order valence-electron chi connectivity index (χ3n) is 4.75. The monoisotopic (exact) mass is 289 g/mol. The highest BCUT2D eigenvalue weighted by Crippen LogP contribution is 2.37. The number of rotatable bonds is 3. The Balaban J connectivity index is 1.85. The van der Waals surface area contributed by atoms with Gasteiger partial charge >= 0.3 is 5.97 Å². The van der Waals surface area contributed by atoms with Gasteiger partial charge in [-0.1, -0.05) is 24.3 Å². The number of hydrogen-bond donors (Lipinski definition) is 1. The van der Waals surface area contributed by atoms with Crippen molar-refractivity contribution in [2.24, 2.45) is 11.8 Å². The van der Waals surface area contributed by atoms with Crippen LogP contribution in [0.25, 0.3) is 0 Å². The minimum Gasteiger partial charge on any atom is -0.480 e. The van der Waals surface area contributed by atoms with Crippen molar-refractivity contribution in [1.29, 1.82) is 0 Å². The maximum atomic E-state index is 13.4. The topological polar surface area (TPSA) is 40.5 Å². The van der Waals surface area contributed by atoms with E-state index in [2.05, 4.69) is 12.2 Å². The first kappa shape index (κ1) is 14.3. The summed E-state index contributed by atoms with van der Waals surface area (Å²) in [6.45, 7) is 3.29. The largest absolute Gasteiger partial charge is 0.480 e. The van der Waals surface area contributed by atoms with E-state index >= 15 is 0 Å². The van der Waals surface area contributed by atoms with Gasteiger partial charge in [0.1, 0.15) is 11.9 Å². The van der Waals surface area contributed by atoms with Gasteiger partial charge < -0.3 is 5.11 Å². The highest BCUT2D eigenvalue weighted by Gasteiger charge is 2.39. The lowest BCUT2D eigenvalue weighted by Gasteiger charge is -2.25. The highest BCUT2D eigenvalue weighted by molar-refractivity contribution is 5.75. The Morgan fingerprint density at radius 1 is 1.29 bits per heavy atom. The Labute approximate surface area is 124 Å². The number of carbonyl (C=O) groups is 1. The lowest BCUT2D eigenvalue weighted by molar-refractivity contribution is -0.143. The third kappa shape index (κ3) is 2.72. The predicted molar refractivity (Wildman–Crippen MR) is 78.4 cm³/mol. The van der Waals surface area contributed by atoms with E-state index in [1.165, 1.54) is 6.07 Å². The maximum Gasteiger partial charge on any atom is 0.325 e. The maximum absolute atomic E-state index is 13.4. The molecule has 0 amide bonds. The van der Waals surface area contributed by atoms with E-state index in [1.54, 1.807) is 19.1 Å². The number of allylic oxidation sites excluding steroid dienone is 2. The van der Waals surface area contributed by atoms with Crippen LogP contribution in [0.5, 0.6) is 0 Å². The molecule has 112 valence electrons. The van der Waals surface area contributed by atoms with Gasteiger partial charge in [-0.15, -0.1) is 0 Å². The lowest BCUT2D eigenvalue weighted by atomic mass is 9.86. The predicted octanol–water partition coefficient (Wildman–Crippen LogP) is 3.16. The van der Waals surface area contributed by atoms with Gasteiger partial charge in [-0.05, 0) is 48.8 Å². The quantitative estimate of drug-likeness (QED) is 0.869. The van der Waals surface area contributed by atoms with Crippen molar-refractivity contribution in [2.45, 2.75) is 25.8 Å². The molecule has 4 heteroatoms. The number of aryl methyl sites for hydroxylation is 1. The van der Waals surface area contributed by atoms with Crippen molar-refractivity contribution in [3.63, 3.8) is 0 Å². The van der Waals surface area contributed by atoms with Crippen LogP contribution < -0.4 is 0 Å². The highest BCUT2D eigenvalue weighted by atomic mass is 19.1. The Morgan fingerprint density at radius 2 is 1.90 bits per heavy atom. The fourth-order valence-corrected chi connectivity index (χ4v) is 3.61. The van der Waals surface area contributed by atoms with Gasteiger partial charge in [0, 0.05) is 13.1 Å². The molecular formula is C17H20FNO2. The summed E-state index contributed by atoms with van der Waals surface area (Å²) in [5, 5.41) is 9.63. The number of likely N-dealkylation sites (tertiary alicyclic amines) is 1. The molecule has 21 heavy (non-hydrogen) atoms. The minimum atomic E-state index is -0.854. The second kappa shape index (κ2) is 5.60. The van der Waals surface area contributed by atoms with Crippen LogP contribution in [0.4, 0.5) is 4.39 Å². The molecule has 1 heterocycles. The zero-order chi connectivity index (χ0) is 15.0. The van der Waals surface area contributed by atoms with Crippen LogP contribution in [0, 0.1) is 24.6 Å². The van der Waals surface area contributed by atoms with Gasteiger partial charge in [0.15, 0.2) is 0 Å². The molecule has 3 atom stereocenters. The second-order valence-electron chi connectivity index (χ2n) is 6.17. The normalized spacial score (nSPS) is 26.6. The summed E-state index contributed by atoms with van der Waals surface area (Å²) in [7, 11) is 0. The number of carboxylic acids is 1. The van der Waals surface area contributed by atoms with Crippen LogP contribution in [0.2, 0.25) is 0 Å². The zero-order valence-electron chi connectivity index (χ0n) is 12.1. The van der Waals surface area contributed by atoms with E-state index < -0.39 is 12.0 Å². The molecule has 3 rings (SSSR count). The van der Waals surface area contributed by atoms with Crippen molar-refractivity contribution < 1.29 is 14.3 Å². The van der Waals surface area contributed by atoms with Crippen LogP contribution in [-0.4, -0.2) is 29.1 Å². The molecule has 0 spiro atoms. The van der Waals surface area contributed by atoms with E-state index in [0.717, 1.165) is 25.9 Å². The Hall–Kier alpha value is -1.68. The van der Waals surface area contributed by atoms with Gasteiger partial charge in [-0.25, -0.2) is 4.39 Å². The molecule has 1 aromatic rings. The summed E-state index contributed by atoms with van der Waals surface area (Å²) in [6, 6.07) is 3.95. The number of fused-ring (bicyclic) bond motifs is 1. The Morgan fingerprint density at radius 3 is 2.43 bits per heavy atom. The van der Waals surface area contributed by atoms with Gasteiger partial charge in [0.2, 0.25) is 0 Å². The van der Waals surface area contributed by atoms with Gasteiger partial charge in [0.25, 0.3) is 0 Å². The summed E-state index contributed by atoms with van der Waals surface area (Å²) >= 11 is 0. The minimum absolute atomic E-state index is 0.290. The summed E-state index contributed by atoms with van der Waals surface area (Å²) in [6.07, 6.45) is 6.47. The van der Waals surface area contributed by atoms with Crippen LogP contribution in [-0.2, 0) is 4.79 Å². The lowest BCUT2D eigenvalue weighted by Crippen LogP contribution is -2.32. The Kier molecular flexibility index (Phi) is 3.81. The number of benzene rings is 1. The molecule has 1 unspecified atom stereocenters. The zero-order valence-corrected chi connectivity index (χ0v) is 12.1. The number of nitrogens with zero attached hydrogens (tertiary/aromatic N) is 1. The molecule has 0 bridgehead atoms. The number of carboxylic acid groups (broad SMARTS) is 1. The summed E-state index contributed by atoms with van der Waals surface area (Å²) in [4.78, 5) is 13.8. The first-order chi connectivity index (χ1) is 10.1. The van der Waals surface area contributed by atoms with E-state index in [-0.39, 0.29) is 5.82 Å². The standard InChI is InChI=1S/C17H20FNO2/c1-11-8-12(6-7-15(11)18)16(17(20)21)19-9-13-4-2-3-5-14(13)10-19/h2-3,6-8,13-14,16H,4-5,9-10H2,1H3,(H,20,21)/t13-,14+,16?. The summed E-state index contributed by atoms with van der Waals surface area (Å²) < 4.78 is 13.4. The van der Waals surface area contributed by atoms with Gasteiger partial charge in [-0.2, -0.15) is 0 Å². The van der Waals surface area contributed by atoms with Crippen molar-refractivity contribution in [3.8, 4) is 0 Å². The van der Waals surface area contributed by atoms with E-state index in [0.29, 0.717) is 23.0 Å². The van der Waals surface area contributed by atoms with Crippen molar-refractivity contribution in [2.75, 3.05) is 13.1 Å². The molecule has 1 fully saturated rings. The van der Waals surface area contributed by atoms with Crippen LogP contribution in [0.15, 0.2) is 30.4 Å². The molecule has 1 saturated heterocycles. The first-order valence-corrected chi connectivity index (χ1v) is 7.44. The third-order valence-corrected chi connectivity index (χ3v) is 4.75. The van der Waals surface area contributed by atoms with Gasteiger partial charge in [-0.3, -0.25) is 9.69 Å². The molecular weight excluding hydrogens is 269 g/mol. The molecule has 0 aromatic heterocycles. The Bertz CT molecular complexity index is 568. The SMILES string of the molecule is Cc1cc(C(C(=O)O)N2C[C@H]3CC=CC[C@H]3C2)ccc1F. The summed E-state index contributed by atoms with van der Waals surface area (Å²) in [5.41, 5.74) is 1.17. The van der Waals surface area contributed by atoms with E-state index in [4.69, 9.17) is 0 Å². The van der Waals surface area contributed by atoms with E-state index in [9.17, 15) is 14.3 Å². The number of hydrogen-bond acceptors (Lipinski definition) is 2. The fraction of sp³-hybridized carbons (Fsp3) is 0.471. The van der Waals surface area contributed by atoms with Crippen LogP contribution in [0.3, 0.4) is 0 Å². The van der Waals surface area contributed by atoms with Crippen molar-refractivity contribution in [1.82, 2.24) is 4.90 Å². The van der Waals surface area contributed by atoms with Crippen molar-refractivity contribution in [3.05, 3.63) is 47.3 Å². The molecule has 2 aliphatic rings. The summed E-state index contributed by atoms with van der Waals surface area (Å²) in [5.74, 6) is -0.0356. The average Bonchev–Trinajstić information content (AvgIpc) is 2.85.